The van der Waals surface area contributed by atoms with Crippen LogP contribution < -0.4 is 5.73 Å². The summed E-state index contributed by atoms with van der Waals surface area (Å²) < 4.78 is 0. The maximum atomic E-state index is 5.38. The molecule has 1 nitrogen and oxygen atoms in total. The van der Waals surface area contributed by atoms with Crippen LogP contribution in [0.4, 0.5) is 0 Å². The number of rotatable bonds is 1. The molecule has 0 saturated heterocycles. The van der Waals surface area contributed by atoms with E-state index in [4.69, 9.17) is 5.73 Å². The first kappa shape index (κ1) is 10.2. The molecule has 0 amide bonds. The van der Waals surface area contributed by atoms with Gasteiger partial charge >= 0.3 is 0 Å². The van der Waals surface area contributed by atoms with Gasteiger partial charge in [-0.3, -0.25) is 0 Å². The molecule has 0 spiro atoms. The molecule has 1 heteroatoms. The Hall–Kier alpha value is -0.820. The number of benzene rings is 1. The lowest BCUT2D eigenvalue weighted by Crippen LogP contribution is -1.94. The smallest absolute Gasteiger partial charge is 0.0178 e. The number of nitrogens with two attached hydrogens (primary N) is 1. The minimum Gasteiger partial charge on any atom is -0.326 e. The van der Waals surface area contributed by atoms with Crippen molar-refractivity contribution in [2.45, 2.75) is 13.5 Å². The van der Waals surface area contributed by atoms with Crippen LogP contribution in [0.5, 0.6) is 0 Å². The number of hydrogen-bond acceptors (Lipinski definition) is 1. The minimum atomic E-state index is 0.611. The first-order valence-electron chi connectivity index (χ1n) is 3.64. The molecule has 1 rings (SSSR count). The summed E-state index contributed by atoms with van der Waals surface area (Å²) in [6.45, 7) is 9.37. The van der Waals surface area contributed by atoms with Gasteiger partial charge in [0.2, 0.25) is 0 Å². The first-order valence-corrected chi connectivity index (χ1v) is 3.64. The fraction of sp³-hybridized carbons (Fsp3) is 0.200. The second-order valence-electron chi connectivity index (χ2n) is 2.02. The van der Waals surface area contributed by atoms with E-state index in [0.717, 1.165) is 11.1 Å². The van der Waals surface area contributed by atoms with E-state index in [9.17, 15) is 0 Å². The highest BCUT2D eigenvalue weighted by molar-refractivity contribution is 5.23. The highest BCUT2D eigenvalue weighted by Crippen LogP contribution is 2.00. The zero-order chi connectivity index (χ0) is 8.69. The summed E-state index contributed by atoms with van der Waals surface area (Å²) in [6.07, 6.45) is 0. The second kappa shape index (κ2) is 5.93. The molecule has 0 unspecified atom stereocenters. The number of hydrogen-bond donors (Lipinski definition) is 1. The summed E-state index contributed by atoms with van der Waals surface area (Å²) in [5.41, 5.74) is 7.57. The van der Waals surface area contributed by atoms with E-state index in [1.54, 1.807) is 6.92 Å². The first-order chi connectivity index (χ1) is 5.33. The van der Waals surface area contributed by atoms with Crippen molar-refractivity contribution in [1.29, 1.82) is 0 Å². The topological polar surface area (TPSA) is 26.0 Å². The van der Waals surface area contributed by atoms with Crippen molar-refractivity contribution in [2.75, 3.05) is 0 Å². The van der Waals surface area contributed by atoms with Crippen molar-refractivity contribution >= 4 is 0 Å². The molecule has 0 aliphatic rings. The molecule has 11 heavy (non-hydrogen) atoms. The van der Waals surface area contributed by atoms with Crippen LogP contribution in [0.1, 0.15) is 18.1 Å². The van der Waals surface area contributed by atoms with Crippen LogP contribution in [0.2, 0.25) is 0 Å². The Morgan fingerprint density at radius 3 is 2.00 bits per heavy atom. The van der Waals surface area contributed by atoms with Gasteiger partial charge in [0.1, 0.15) is 0 Å². The lowest BCUT2D eigenvalue weighted by Gasteiger charge is -1.94. The Bertz CT molecular complexity index is 177. The third-order valence-corrected chi connectivity index (χ3v) is 1.26. The van der Waals surface area contributed by atoms with Crippen LogP contribution in [0.25, 0.3) is 0 Å². The van der Waals surface area contributed by atoms with Gasteiger partial charge in [0.15, 0.2) is 0 Å². The van der Waals surface area contributed by atoms with E-state index in [2.05, 4.69) is 13.8 Å². The molecule has 0 saturated carbocycles. The maximum absolute atomic E-state index is 5.38. The van der Waals surface area contributed by atoms with Gasteiger partial charge in [-0.2, -0.15) is 0 Å². The molecule has 0 aliphatic carbocycles. The summed E-state index contributed by atoms with van der Waals surface area (Å²) in [7, 11) is 0. The largest absolute Gasteiger partial charge is 0.326 e. The summed E-state index contributed by atoms with van der Waals surface area (Å²) in [6, 6.07) is 7.90. The Kier molecular flexibility index (Phi) is 5.49. The molecular formula is C10H15N. The van der Waals surface area contributed by atoms with Crippen LogP contribution in [-0.4, -0.2) is 0 Å². The average molecular weight is 149 g/mol. The lowest BCUT2D eigenvalue weighted by atomic mass is 10.2. The monoisotopic (exact) mass is 149 g/mol. The van der Waals surface area contributed by atoms with Crippen molar-refractivity contribution in [3.05, 3.63) is 49.2 Å². The minimum absolute atomic E-state index is 0.611. The van der Waals surface area contributed by atoms with Crippen molar-refractivity contribution in [3.8, 4) is 0 Å². The van der Waals surface area contributed by atoms with Gasteiger partial charge < -0.3 is 5.73 Å². The van der Waals surface area contributed by atoms with Gasteiger partial charge in [-0.1, -0.05) is 38.1 Å². The molecule has 0 aromatic heterocycles. The van der Waals surface area contributed by atoms with E-state index in [-0.39, 0.29) is 0 Å². The predicted molar refractivity (Wildman–Crippen MR) is 49.8 cm³/mol. The summed E-state index contributed by atoms with van der Waals surface area (Å²) in [5, 5.41) is 0. The highest BCUT2D eigenvalue weighted by Gasteiger charge is 1.85. The lowest BCUT2D eigenvalue weighted by molar-refractivity contribution is 1.07. The van der Waals surface area contributed by atoms with Crippen LogP contribution in [0.15, 0.2) is 24.3 Å². The Morgan fingerprint density at radius 2 is 1.64 bits per heavy atom. The Labute approximate surface area is 69.2 Å². The van der Waals surface area contributed by atoms with Crippen LogP contribution >= 0.6 is 0 Å². The van der Waals surface area contributed by atoms with Crippen LogP contribution in [0, 0.1) is 13.8 Å². The molecule has 2 N–H and O–H groups in total. The fourth-order valence-corrected chi connectivity index (χ4v) is 0.675. The van der Waals surface area contributed by atoms with Crippen molar-refractivity contribution < 1.29 is 0 Å². The molecule has 1 aromatic rings. The predicted octanol–water partition coefficient (Wildman–Crippen LogP) is 2.17. The quantitative estimate of drug-likeness (QED) is 0.650. The zero-order valence-corrected chi connectivity index (χ0v) is 7.01. The maximum Gasteiger partial charge on any atom is 0.0178 e. The molecule has 2 radical (unpaired) electrons. The van der Waals surface area contributed by atoms with E-state index >= 15 is 0 Å². The van der Waals surface area contributed by atoms with Crippen LogP contribution in [0.3, 0.4) is 0 Å². The van der Waals surface area contributed by atoms with Gasteiger partial charge in [0, 0.05) is 6.54 Å². The van der Waals surface area contributed by atoms with E-state index < -0.39 is 0 Å². The third kappa shape index (κ3) is 3.79. The normalized spacial score (nSPS) is 8.36. The van der Waals surface area contributed by atoms with E-state index in [0.29, 0.717) is 6.54 Å². The molecule has 0 bridgehead atoms. The van der Waals surface area contributed by atoms with Gasteiger partial charge in [-0.05, 0) is 18.1 Å². The molecule has 60 valence electrons. The summed E-state index contributed by atoms with van der Waals surface area (Å²) in [4.78, 5) is 0. The third-order valence-electron chi connectivity index (χ3n) is 1.26. The van der Waals surface area contributed by atoms with Gasteiger partial charge in [0.25, 0.3) is 0 Å². The molecule has 0 aliphatic heterocycles. The average Bonchev–Trinajstić information content (AvgIpc) is 2.10. The standard InChI is InChI=1S/C8H10N.C2H5/c1-7-2-4-8(6-9)5-3-7;1-2/h2-5H,1,6,9H2;1H2,2H3. The highest BCUT2D eigenvalue weighted by atomic mass is 14.5. The van der Waals surface area contributed by atoms with Gasteiger partial charge in [0.05, 0.1) is 0 Å². The Balaban J connectivity index is 0.000000461. The van der Waals surface area contributed by atoms with Crippen molar-refractivity contribution in [2.24, 2.45) is 5.73 Å². The van der Waals surface area contributed by atoms with Crippen LogP contribution in [-0.2, 0) is 6.54 Å². The van der Waals surface area contributed by atoms with Gasteiger partial charge in [-0.15, -0.1) is 0 Å². The zero-order valence-electron chi connectivity index (χ0n) is 7.01. The molecule has 1 aromatic carbocycles. The second-order valence-corrected chi connectivity index (χ2v) is 2.02. The van der Waals surface area contributed by atoms with Crippen molar-refractivity contribution in [1.82, 2.24) is 0 Å². The summed E-state index contributed by atoms with van der Waals surface area (Å²) in [5.74, 6) is 0. The SMILES string of the molecule is [CH2]C.[CH2]c1ccc(CN)cc1. The fourth-order valence-electron chi connectivity index (χ4n) is 0.675. The molecule has 0 atom stereocenters. The van der Waals surface area contributed by atoms with Crippen molar-refractivity contribution in [3.63, 3.8) is 0 Å². The molecular weight excluding hydrogens is 134 g/mol. The van der Waals surface area contributed by atoms with E-state index in [1.165, 1.54) is 0 Å². The molecule has 0 fully saturated rings. The summed E-state index contributed by atoms with van der Waals surface area (Å²) >= 11 is 0. The Morgan fingerprint density at radius 1 is 1.18 bits per heavy atom. The van der Waals surface area contributed by atoms with E-state index in [1.807, 2.05) is 24.3 Å². The molecule has 0 heterocycles. The van der Waals surface area contributed by atoms with Gasteiger partial charge in [-0.25, -0.2) is 0 Å².